The minimum Gasteiger partial charge on any atom is -0.388 e. The molecule has 86 valence electrons. The molecule has 0 saturated heterocycles. The van der Waals surface area contributed by atoms with Crippen LogP contribution in [-0.4, -0.2) is 23.2 Å². The molecule has 0 aromatic heterocycles. The van der Waals surface area contributed by atoms with E-state index in [1.54, 1.807) is 0 Å². The first-order chi connectivity index (χ1) is 7.01. The average molecular weight is 217 g/mol. The van der Waals surface area contributed by atoms with Crippen LogP contribution in [0.1, 0.15) is 25.7 Å². The number of rotatable bonds is 1. The molecule has 6 unspecified atom stereocenters. The van der Waals surface area contributed by atoms with Crippen LogP contribution in [0.4, 0.5) is 8.78 Å². The lowest BCUT2D eigenvalue weighted by atomic mass is 9.48. The Labute approximate surface area is 87.8 Å². The van der Waals surface area contributed by atoms with Gasteiger partial charge in [0.2, 0.25) is 6.43 Å². The lowest BCUT2D eigenvalue weighted by molar-refractivity contribution is -0.191. The van der Waals surface area contributed by atoms with Gasteiger partial charge in [0.25, 0.3) is 0 Å². The van der Waals surface area contributed by atoms with Crippen LogP contribution >= 0.6 is 0 Å². The molecule has 2 nitrogen and oxygen atoms in total. The summed E-state index contributed by atoms with van der Waals surface area (Å²) in [6.07, 6.45) is 0.637. The van der Waals surface area contributed by atoms with Crippen LogP contribution in [0.15, 0.2) is 0 Å². The molecule has 4 saturated carbocycles. The van der Waals surface area contributed by atoms with Crippen molar-refractivity contribution in [2.24, 2.45) is 29.4 Å². The average Bonchev–Trinajstić information content (AvgIpc) is 2.11. The third-order valence-electron chi connectivity index (χ3n) is 4.91. The maximum Gasteiger partial charge on any atom is 0.242 e. The van der Waals surface area contributed by atoms with Crippen LogP contribution in [0.5, 0.6) is 0 Å². The van der Waals surface area contributed by atoms with E-state index in [0.717, 1.165) is 19.3 Å². The fourth-order valence-electron chi connectivity index (χ4n) is 4.45. The highest BCUT2D eigenvalue weighted by molar-refractivity contribution is 5.12. The third-order valence-corrected chi connectivity index (χ3v) is 4.91. The summed E-state index contributed by atoms with van der Waals surface area (Å²) in [4.78, 5) is 0. The molecule has 3 N–H and O–H groups in total. The SMILES string of the molecule is NC1C2CC3CC(CC1(O)C3)C2C(F)F. The molecule has 6 atom stereocenters. The van der Waals surface area contributed by atoms with Gasteiger partial charge in [-0.25, -0.2) is 8.78 Å². The van der Waals surface area contributed by atoms with Crippen molar-refractivity contribution in [1.29, 1.82) is 0 Å². The van der Waals surface area contributed by atoms with E-state index in [9.17, 15) is 13.9 Å². The van der Waals surface area contributed by atoms with Gasteiger partial charge in [0.1, 0.15) is 0 Å². The highest BCUT2D eigenvalue weighted by Gasteiger charge is 2.61. The molecule has 0 aromatic rings. The zero-order valence-electron chi connectivity index (χ0n) is 8.57. The van der Waals surface area contributed by atoms with Crippen molar-refractivity contribution >= 4 is 0 Å². The predicted octanol–water partition coefficient (Wildman–Crippen LogP) is 1.38. The van der Waals surface area contributed by atoms with E-state index in [1.165, 1.54) is 0 Å². The molecule has 4 bridgehead atoms. The number of nitrogens with two attached hydrogens (primary N) is 1. The Morgan fingerprint density at radius 2 is 2.00 bits per heavy atom. The van der Waals surface area contributed by atoms with E-state index in [-0.39, 0.29) is 11.8 Å². The summed E-state index contributed by atoms with van der Waals surface area (Å²) < 4.78 is 25.9. The maximum atomic E-state index is 12.9. The van der Waals surface area contributed by atoms with Gasteiger partial charge in [-0.3, -0.25) is 0 Å². The molecule has 0 amide bonds. The van der Waals surface area contributed by atoms with Gasteiger partial charge in [0, 0.05) is 12.0 Å². The van der Waals surface area contributed by atoms with E-state index in [2.05, 4.69) is 0 Å². The van der Waals surface area contributed by atoms with E-state index >= 15 is 0 Å². The topological polar surface area (TPSA) is 46.2 Å². The van der Waals surface area contributed by atoms with Crippen LogP contribution in [0.3, 0.4) is 0 Å². The van der Waals surface area contributed by atoms with Crippen LogP contribution in [0, 0.1) is 23.7 Å². The Morgan fingerprint density at radius 3 is 2.67 bits per heavy atom. The minimum atomic E-state index is -2.27. The van der Waals surface area contributed by atoms with Gasteiger partial charge in [-0.1, -0.05) is 0 Å². The fraction of sp³-hybridized carbons (Fsp3) is 1.00. The maximum absolute atomic E-state index is 12.9. The summed E-state index contributed by atoms with van der Waals surface area (Å²) in [5.74, 6) is -0.265. The lowest BCUT2D eigenvalue weighted by Gasteiger charge is -2.60. The van der Waals surface area contributed by atoms with Crippen molar-refractivity contribution in [2.75, 3.05) is 0 Å². The summed E-state index contributed by atoms with van der Waals surface area (Å²) in [7, 11) is 0. The van der Waals surface area contributed by atoms with Gasteiger partial charge >= 0.3 is 0 Å². The third kappa shape index (κ3) is 1.21. The zero-order chi connectivity index (χ0) is 10.8. The second kappa shape index (κ2) is 2.92. The van der Waals surface area contributed by atoms with Gasteiger partial charge in [-0.05, 0) is 43.4 Å². The Balaban J connectivity index is 1.95. The minimum absolute atomic E-state index is 0.00676. The van der Waals surface area contributed by atoms with E-state index in [0.29, 0.717) is 12.3 Å². The van der Waals surface area contributed by atoms with Gasteiger partial charge in [0.15, 0.2) is 0 Å². The van der Waals surface area contributed by atoms with E-state index in [4.69, 9.17) is 5.73 Å². The van der Waals surface area contributed by atoms with Crippen LogP contribution in [0.2, 0.25) is 0 Å². The highest BCUT2D eigenvalue weighted by atomic mass is 19.3. The fourth-order valence-corrected chi connectivity index (χ4v) is 4.45. The molecule has 4 rings (SSSR count). The number of halogens is 2. The summed E-state index contributed by atoms with van der Waals surface area (Å²) >= 11 is 0. The van der Waals surface area contributed by atoms with Crippen molar-refractivity contribution in [1.82, 2.24) is 0 Å². The summed E-state index contributed by atoms with van der Waals surface area (Å²) in [6, 6.07) is -0.427. The molecular weight excluding hydrogens is 200 g/mol. The monoisotopic (exact) mass is 217 g/mol. The number of aliphatic hydroxyl groups is 1. The molecule has 0 aliphatic heterocycles. The number of hydrogen-bond donors (Lipinski definition) is 2. The van der Waals surface area contributed by atoms with Crippen molar-refractivity contribution in [3.05, 3.63) is 0 Å². The van der Waals surface area contributed by atoms with Gasteiger partial charge < -0.3 is 10.8 Å². The first-order valence-electron chi connectivity index (χ1n) is 5.77. The first kappa shape index (κ1) is 9.97. The van der Waals surface area contributed by atoms with Crippen molar-refractivity contribution in [3.63, 3.8) is 0 Å². The normalized spacial score (nSPS) is 57.8. The van der Waals surface area contributed by atoms with E-state index in [1.807, 2.05) is 0 Å². The molecule has 4 aliphatic rings. The zero-order valence-corrected chi connectivity index (χ0v) is 8.57. The quantitative estimate of drug-likeness (QED) is 0.697. The Bertz CT molecular complexity index is 286. The molecular formula is C11H17F2NO. The molecule has 0 aromatic carbocycles. The van der Waals surface area contributed by atoms with E-state index < -0.39 is 24.0 Å². The molecule has 4 aliphatic carbocycles. The van der Waals surface area contributed by atoms with Gasteiger partial charge in [0.05, 0.1) is 5.60 Å². The van der Waals surface area contributed by atoms with Crippen LogP contribution < -0.4 is 5.73 Å². The van der Waals surface area contributed by atoms with Crippen molar-refractivity contribution in [2.45, 2.75) is 43.8 Å². The molecule has 0 radical (unpaired) electrons. The van der Waals surface area contributed by atoms with Crippen LogP contribution in [0.25, 0.3) is 0 Å². The number of hydrogen-bond acceptors (Lipinski definition) is 2. The second-order valence-corrected chi connectivity index (χ2v) is 5.71. The Kier molecular flexibility index (Phi) is 1.94. The Hall–Kier alpha value is -0.220. The predicted molar refractivity (Wildman–Crippen MR) is 51.4 cm³/mol. The van der Waals surface area contributed by atoms with Crippen molar-refractivity contribution in [3.8, 4) is 0 Å². The van der Waals surface area contributed by atoms with Gasteiger partial charge in [-0.2, -0.15) is 0 Å². The lowest BCUT2D eigenvalue weighted by Crippen LogP contribution is -2.67. The summed E-state index contributed by atoms with van der Waals surface area (Å²) in [5, 5.41) is 10.3. The molecule has 4 fully saturated rings. The molecule has 4 heteroatoms. The second-order valence-electron chi connectivity index (χ2n) is 5.71. The van der Waals surface area contributed by atoms with Gasteiger partial charge in [-0.15, -0.1) is 0 Å². The molecule has 15 heavy (non-hydrogen) atoms. The van der Waals surface area contributed by atoms with Crippen LogP contribution in [-0.2, 0) is 0 Å². The first-order valence-corrected chi connectivity index (χ1v) is 5.77. The van der Waals surface area contributed by atoms with Crippen molar-refractivity contribution < 1.29 is 13.9 Å². The smallest absolute Gasteiger partial charge is 0.242 e. The standard InChI is InChI=1S/C11H17F2NO/c12-10(13)8-6-1-5-2-7(8)9(14)11(15,3-5)4-6/h5-10,15H,1-4,14H2. The number of alkyl halides is 2. The Morgan fingerprint density at radius 1 is 1.27 bits per heavy atom. The molecule has 0 spiro atoms. The summed E-state index contributed by atoms with van der Waals surface area (Å²) in [5.41, 5.74) is 5.11. The highest BCUT2D eigenvalue weighted by Crippen LogP contribution is 2.58. The largest absolute Gasteiger partial charge is 0.388 e. The summed E-state index contributed by atoms with van der Waals surface area (Å²) in [6.45, 7) is 0. The molecule has 0 heterocycles.